The summed E-state index contributed by atoms with van der Waals surface area (Å²) in [5.41, 5.74) is -0.798. The molecule has 0 spiro atoms. The zero-order valence-electron chi connectivity index (χ0n) is 13.8. The first-order chi connectivity index (χ1) is 10.9. The Morgan fingerprint density at radius 1 is 1.04 bits per heavy atom. The number of amides is 5. The van der Waals surface area contributed by atoms with Crippen molar-refractivity contribution in [2.75, 3.05) is 39.3 Å². The molecule has 128 valence electrons. The fourth-order valence-corrected chi connectivity index (χ4v) is 3.55. The molecule has 23 heavy (non-hydrogen) atoms. The van der Waals surface area contributed by atoms with Gasteiger partial charge in [-0.3, -0.25) is 9.69 Å². The molecule has 3 aliphatic rings. The lowest BCUT2D eigenvalue weighted by Crippen LogP contribution is -2.48. The molecule has 3 rings (SSSR count). The third-order valence-corrected chi connectivity index (χ3v) is 4.97. The number of likely N-dealkylation sites (tertiary alicyclic amines) is 1. The molecule has 2 N–H and O–H groups in total. The largest absolute Gasteiger partial charge is 0.336 e. The Kier molecular flexibility index (Phi) is 4.18. The highest BCUT2D eigenvalue weighted by atomic mass is 16.2. The molecule has 0 aromatic carbocycles. The molecule has 0 atom stereocenters. The van der Waals surface area contributed by atoms with Gasteiger partial charge in [0, 0.05) is 45.3 Å². The predicted octanol–water partition coefficient (Wildman–Crippen LogP) is -0.194. The Hall–Kier alpha value is -1.83. The molecule has 0 saturated carbocycles. The second-order valence-corrected chi connectivity index (χ2v) is 7.01. The van der Waals surface area contributed by atoms with Crippen molar-refractivity contribution in [3.8, 4) is 0 Å². The Morgan fingerprint density at radius 2 is 1.74 bits per heavy atom. The lowest BCUT2D eigenvalue weighted by atomic mass is 10.0. The second kappa shape index (κ2) is 5.99. The molecule has 8 nitrogen and oxygen atoms in total. The van der Waals surface area contributed by atoms with E-state index in [1.807, 2.05) is 4.90 Å². The highest BCUT2D eigenvalue weighted by Crippen LogP contribution is 2.19. The summed E-state index contributed by atoms with van der Waals surface area (Å²) in [4.78, 5) is 41.2. The van der Waals surface area contributed by atoms with Gasteiger partial charge in [-0.15, -0.1) is 0 Å². The van der Waals surface area contributed by atoms with E-state index in [1.165, 1.54) is 4.90 Å². The Morgan fingerprint density at radius 3 is 2.26 bits per heavy atom. The van der Waals surface area contributed by atoms with Crippen LogP contribution in [0.4, 0.5) is 9.59 Å². The molecule has 5 amide bonds. The van der Waals surface area contributed by atoms with E-state index in [2.05, 4.69) is 15.5 Å². The smallest absolute Gasteiger partial charge is 0.325 e. The van der Waals surface area contributed by atoms with E-state index >= 15 is 0 Å². The zero-order chi connectivity index (χ0) is 16.6. The minimum absolute atomic E-state index is 0.0463. The lowest BCUT2D eigenvalue weighted by Gasteiger charge is -2.36. The molecular formula is C15H25N5O3. The van der Waals surface area contributed by atoms with Gasteiger partial charge in [-0.2, -0.15) is 0 Å². The minimum Gasteiger partial charge on any atom is -0.336 e. The van der Waals surface area contributed by atoms with Crippen LogP contribution in [0.5, 0.6) is 0 Å². The van der Waals surface area contributed by atoms with Gasteiger partial charge >= 0.3 is 12.1 Å². The fraction of sp³-hybridized carbons (Fsp3) is 0.800. The number of carbonyl (C=O) groups is 3. The molecule has 3 aliphatic heterocycles. The standard InChI is InChI=1S/C15H25N5O3/c1-15(2)12(21)20(14(23)17-15)10-9-18-6-3-11(4-7-18)19-8-5-16-13(19)22/h11H,3-10H2,1-2H3,(H,16,22)(H,17,23). The van der Waals surface area contributed by atoms with Crippen molar-refractivity contribution in [3.63, 3.8) is 0 Å². The van der Waals surface area contributed by atoms with Gasteiger partial charge < -0.3 is 20.4 Å². The molecule has 0 aliphatic carbocycles. The molecule has 3 fully saturated rings. The second-order valence-electron chi connectivity index (χ2n) is 7.01. The molecule has 8 heteroatoms. The van der Waals surface area contributed by atoms with Gasteiger partial charge in [0.25, 0.3) is 5.91 Å². The van der Waals surface area contributed by atoms with Crippen LogP contribution in [-0.2, 0) is 4.79 Å². The van der Waals surface area contributed by atoms with E-state index in [9.17, 15) is 14.4 Å². The van der Waals surface area contributed by atoms with E-state index in [0.717, 1.165) is 39.0 Å². The summed E-state index contributed by atoms with van der Waals surface area (Å²) in [6, 6.07) is 0.0537. The Balaban J connectivity index is 1.45. The summed E-state index contributed by atoms with van der Waals surface area (Å²) in [5, 5.41) is 5.54. The quantitative estimate of drug-likeness (QED) is 0.702. The van der Waals surface area contributed by atoms with Crippen LogP contribution in [0.15, 0.2) is 0 Å². The monoisotopic (exact) mass is 323 g/mol. The van der Waals surface area contributed by atoms with Crippen molar-refractivity contribution < 1.29 is 14.4 Å². The number of rotatable bonds is 4. The summed E-state index contributed by atoms with van der Waals surface area (Å²) < 4.78 is 0. The van der Waals surface area contributed by atoms with E-state index in [-0.39, 0.29) is 18.0 Å². The highest BCUT2D eigenvalue weighted by Gasteiger charge is 2.44. The molecule has 0 unspecified atom stereocenters. The van der Waals surface area contributed by atoms with Gasteiger partial charge in [0.2, 0.25) is 0 Å². The molecule has 0 aromatic heterocycles. The number of piperidine rings is 1. The molecule has 3 saturated heterocycles. The first kappa shape index (κ1) is 16.0. The van der Waals surface area contributed by atoms with E-state index in [0.29, 0.717) is 19.1 Å². The van der Waals surface area contributed by atoms with E-state index < -0.39 is 5.54 Å². The van der Waals surface area contributed by atoms with Crippen LogP contribution in [0.3, 0.4) is 0 Å². The van der Waals surface area contributed by atoms with Gasteiger partial charge in [0.05, 0.1) is 0 Å². The summed E-state index contributed by atoms with van der Waals surface area (Å²) >= 11 is 0. The van der Waals surface area contributed by atoms with Crippen LogP contribution in [0.25, 0.3) is 0 Å². The number of hydrogen-bond acceptors (Lipinski definition) is 4. The predicted molar refractivity (Wildman–Crippen MR) is 83.9 cm³/mol. The van der Waals surface area contributed by atoms with Crippen molar-refractivity contribution in [3.05, 3.63) is 0 Å². The van der Waals surface area contributed by atoms with Crippen LogP contribution < -0.4 is 10.6 Å². The summed E-state index contributed by atoms with van der Waals surface area (Å²) in [5.74, 6) is -0.161. The minimum atomic E-state index is -0.798. The number of nitrogens with zero attached hydrogens (tertiary/aromatic N) is 3. The zero-order valence-corrected chi connectivity index (χ0v) is 13.8. The van der Waals surface area contributed by atoms with Crippen molar-refractivity contribution in [2.45, 2.75) is 38.3 Å². The van der Waals surface area contributed by atoms with E-state index in [1.54, 1.807) is 13.8 Å². The van der Waals surface area contributed by atoms with Crippen LogP contribution in [0.1, 0.15) is 26.7 Å². The number of hydrogen-bond donors (Lipinski definition) is 2. The average molecular weight is 323 g/mol. The van der Waals surface area contributed by atoms with Gasteiger partial charge in [-0.05, 0) is 26.7 Å². The maximum Gasteiger partial charge on any atom is 0.325 e. The van der Waals surface area contributed by atoms with Crippen LogP contribution in [-0.4, -0.2) is 83.5 Å². The first-order valence-electron chi connectivity index (χ1n) is 8.29. The van der Waals surface area contributed by atoms with Crippen molar-refractivity contribution in [1.82, 2.24) is 25.3 Å². The van der Waals surface area contributed by atoms with Crippen LogP contribution >= 0.6 is 0 Å². The maximum atomic E-state index is 12.1. The first-order valence-corrected chi connectivity index (χ1v) is 8.29. The average Bonchev–Trinajstić information content (AvgIpc) is 3.00. The number of carbonyl (C=O) groups excluding carboxylic acids is 3. The summed E-state index contributed by atoms with van der Waals surface area (Å²) in [7, 11) is 0. The normalized spacial score (nSPS) is 25.9. The summed E-state index contributed by atoms with van der Waals surface area (Å²) in [6.07, 6.45) is 1.89. The van der Waals surface area contributed by atoms with Crippen molar-refractivity contribution in [1.29, 1.82) is 0 Å². The van der Waals surface area contributed by atoms with Crippen molar-refractivity contribution in [2.24, 2.45) is 0 Å². The molecule has 0 bridgehead atoms. The highest BCUT2D eigenvalue weighted by molar-refractivity contribution is 6.06. The molecule has 3 heterocycles. The summed E-state index contributed by atoms with van der Waals surface area (Å²) in [6.45, 7) is 7.86. The van der Waals surface area contributed by atoms with Crippen LogP contribution in [0, 0.1) is 0 Å². The van der Waals surface area contributed by atoms with Gasteiger partial charge in [0.15, 0.2) is 0 Å². The Labute approximate surface area is 136 Å². The molecular weight excluding hydrogens is 298 g/mol. The lowest BCUT2D eigenvalue weighted by molar-refractivity contribution is -0.130. The number of urea groups is 2. The molecule has 0 aromatic rings. The van der Waals surface area contributed by atoms with E-state index in [4.69, 9.17) is 0 Å². The third kappa shape index (κ3) is 3.12. The topological polar surface area (TPSA) is 85.0 Å². The van der Waals surface area contributed by atoms with Crippen LogP contribution in [0.2, 0.25) is 0 Å². The van der Waals surface area contributed by atoms with Gasteiger partial charge in [0.1, 0.15) is 5.54 Å². The third-order valence-electron chi connectivity index (χ3n) is 4.97. The van der Waals surface area contributed by atoms with Gasteiger partial charge in [-0.1, -0.05) is 0 Å². The number of nitrogens with one attached hydrogen (secondary N) is 2. The maximum absolute atomic E-state index is 12.1. The molecule has 0 radical (unpaired) electrons. The fourth-order valence-electron chi connectivity index (χ4n) is 3.55. The number of imide groups is 1. The SMILES string of the molecule is CC1(C)NC(=O)N(CCN2CCC(N3CCNC3=O)CC2)C1=O. The van der Waals surface area contributed by atoms with Crippen molar-refractivity contribution >= 4 is 18.0 Å². The Bertz CT molecular complexity index is 513. The van der Waals surface area contributed by atoms with Gasteiger partial charge in [-0.25, -0.2) is 9.59 Å².